The van der Waals surface area contributed by atoms with Gasteiger partial charge in [-0.3, -0.25) is 4.79 Å². The van der Waals surface area contributed by atoms with Crippen molar-refractivity contribution in [3.8, 4) is 6.07 Å². The number of carboxylic acid groups (broad SMARTS) is 1. The van der Waals surface area contributed by atoms with Gasteiger partial charge in [-0.15, -0.1) is 0 Å². The highest BCUT2D eigenvalue weighted by molar-refractivity contribution is 5.88. The molecular weight excluding hydrogens is 172 g/mol. The number of nitrogens with one attached hydrogen (secondary N) is 1. The molecule has 0 spiro atoms. The Bertz CT molecular complexity index is 453. The van der Waals surface area contributed by atoms with Crippen molar-refractivity contribution in [2.45, 2.75) is 6.92 Å². The Morgan fingerprint density at radius 2 is 2.31 bits per heavy atom. The molecule has 0 bridgehead atoms. The second-order valence-electron chi connectivity index (χ2n) is 2.47. The van der Waals surface area contributed by atoms with Crippen LogP contribution in [0.15, 0.2) is 10.9 Å². The molecule has 1 N–H and O–H groups in total. The van der Waals surface area contributed by atoms with Crippen LogP contribution in [-0.2, 0) is 0 Å². The minimum absolute atomic E-state index is 0.372. The first-order chi connectivity index (χ1) is 6.06. The molecule has 0 radical (unpaired) electrons. The summed E-state index contributed by atoms with van der Waals surface area (Å²) in [6, 6.07) is 2.70. The second-order valence-corrected chi connectivity index (χ2v) is 2.47. The maximum atomic E-state index is 11.0. The molecule has 1 aromatic heterocycles. The summed E-state index contributed by atoms with van der Waals surface area (Å²) < 4.78 is 0. The fourth-order valence-electron chi connectivity index (χ4n) is 0.961. The molecule has 0 saturated heterocycles. The molecule has 1 heterocycles. The van der Waals surface area contributed by atoms with Crippen LogP contribution >= 0.6 is 0 Å². The predicted octanol–water partition coefficient (Wildman–Crippen LogP) is -1.08. The van der Waals surface area contributed by atoms with E-state index in [1.807, 2.05) is 0 Å². The molecule has 0 unspecified atom stereocenters. The number of hydrogen-bond donors (Lipinski definition) is 1. The van der Waals surface area contributed by atoms with Gasteiger partial charge in [0, 0.05) is 11.3 Å². The molecule has 0 saturated carbocycles. The van der Waals surface area contributed by atoms with Crippen molar-refractivity contribution in [1.82, 2.24) is 4.98 Å². The Hall–Kier alpha value is -2.09. The number of nitriles is 1. The number of hydrogen-bond acceptors (Lipinski definition) is 4. The summed E-state index contributed by atoms with van der Waals surface area (Å²) in [6.45, 7) is 1.52. The van der Waals surface area contributed by atoms with Crippen molar-refractivity contribution in [2.24, 2.45) is 0 Å². The van der Waals surface area contributed by atoms with Gasteiger partial charge in [0.15, 0.2) is 0 Å². The average molecular weight is 177 g/mol. The molecule has 66 valence electrons. The molecule has 5 nitrogen and oxygen atoms in total. The van der Waals surface area contributed by atoms with Gasteiger partial charge in [-0.2, -0.15) is 5.26 Å². The van der Waals surface area contributed by atoms with Gasteiger partial charge in [0.1, 0.15) is 11.6 Å². The minimum atomic E-state index is -1.52. The van der Waals surface area contributed by atoms with Gasteiger partial charge < -0.3 is 14.9 Å². The lowest BCUT2D eigenvalue weighted by Gasteiger charge is -2.04. The third-order valence-electron chi connectivity index (χ3n) is 1.50. The molecule has 0 fully saturated rings. The number of rotatable bonds is 1. The van der Waals surface area contributed by atoms with Gasteiger partial charge in [-0.1, -0.05) is 0 Å². The number of carbonyl (C=O) groups is 1. The number of aromatic carboxylic acids is 1. The Morgan fingerprint density at radius 3 is 2.77 bits per heavy atom. The number of aryl methyl sites for hydroxylation is 1. The summed E-state index contributed by atoms with van der Waals surface area (Å²) in [5, 5.41) is 18.9. The molecule has 0 aromatic carbocycles. The number of carboxylic acids is 1. The molecule has 0 aliphatic heterocycles. The Morgan fingerprint density at radius 1 is 1.69 bits per heavy atom. The lowest BCUT2D eigenvalue weighted by atomic mass is 10.1. The fraction of sp³-hybridized carbons (Fsp3) is 0.125. The first-order valence-electron chi connectivity index (χ1n) is 3.41. The smallest absolute Gasteiger partial charge is 0.266 e. The van der Waals surface area contributed by atoms with Gasteiger partial charge in [-0.05, 0) is 13.0 Å². The standard InChI is InChI=1S/C8H6N2O3/c1-4-2-5(8(12)13)6(3-9)7(11)10-4/h2H,1H3,(H,10,11)(H,12,13)/p-1. The van der Waals surface area contributed by atoms with Gasteiger partial charge in [0.2, 0.25) is 0 Å². The maximum absolute atomic E-state index is 11.0. The first-order valence-corrected chi connectivity index (χ1v) is 3.41. The van der Waals surface area contributed by atoms with E-state index in [-0.39, 0.29) is 5.56 Å². The van der Waals surface area contributed by atoms with Crippen LogP contribution in [-0.4, -0.2) is 11.0 Å². The number of nitrogens with zero attached hydrogens (tertiary/aromatic N) is 1. The molecule has 5 heteroatoms. The van der Waals surface area contributed by atoms with E-state index in [1.54, 1.807) is 0 Å². The first kappa shape index (κ1) is 9.00. The fourth-order valence-corrected chi connectivity index (χ4v) is 0.961. The van der Waals surface area contributed by atoms with Crippen LogP contribution in [0.3, 0.4) is 0 Å². The van der Waals surface area contributed by atoms with Crippen molar-refractivity contribution < 1.29 is 9.90 Å². The lowest BCUT2D eigenvalue weighted by Crippen LogP contribution is -2.27. The number of H-pyrrole nitrogens is 1. The van der Waals surface area contributed by atoms with E-state index in [0.29, 0.717) is 5.69 Å². The van der Waals surface area contributed by atoms with E-state index in [2.05, 4.69) is 4.98 Å². The normalized spacial score (nSPS) is 9.23. The highest BCUT2D eigenvalue weighted by atomic mass is 16.4. The van der Waals surface area contributed by atoms with E-state index in [1.165, 1.54) is 19.1 Å². The van der Waals surface area contributed by atoms with Crippen LogP contribution in [0.2, 0.25) is 0 Å². The molecule has 0 atom stereocenters. The van der Waals surface area contributed by atoms with E-state index in [9.17, 15) is 14.7 Å². The quantitative estimate of drug-likeness (QED) is 0.589. The summed E-state index contributed by atoms with van der Waals surface area (Å²) in [7, 11) is 0. The average Bonchev–Trinajstić information content (AvgIpc) is 2.02. The van der Waals surface area contributed by atoms with E-state index < -0.39 is 17.1 Å². The highest BCUT2D eigenvalue weighted by Gasteiger charge is 2.07. The zero-order valence-electron chi connectivity index (χ0n) is 6.75. The van der Waals surface area contributed by atoms with Crippen LogP contribution in [0.5, 0.6) is 0 Å². The van der Waals surface area contributed by atoms with Crippen LogP contribution in [0.1, 0.15) is 21.6 Å². The molecule has 1 aromatic rings. The molecule has 0 aliphatic rings. The van der Waals surface area contributed by atoms with E-state index >= 15 is 0 Å². The number of pyridine rings is 1. The van der Waals surface area contributed by atoms with Crippen LogP contribution in [0.4, 0.5) is 0 Å². The topological polar surface area (TPSA) is 96.8 Å². The van der Waals surface area contributed by atoms with Gasteiger partial charge in [0.05, 0.1) is 5.97 Å². The summed E-state index contributed by atoms with van der Waals surface area (Å²) in [4.78, 5) is 23.8. The van der Waals surface area contributed by atoms with Crippen molar-refractivity contribution in [3.63, 3.8) is 0 Å². The molecule has 1 rings (SSSR count). The summed E-state index contributed by atoms with van der Waals surface area (Å²) in [5.41, 5.74) is -1.13. The Kier molecular flexibility index (Phi) is 2.15. The summed E-state index contributed by atoms with van der Waals surface area (Å²) in [5.74, 6) is -1.52. The number of aromatic amines is 1. The van der Waals surface area contributed by atoms with E-state index in [4.69, 9.17) is 5.26 Å². The summed E-state index contributed by atoms with van der Waals surface area (Å²) in [6.07, 6.45) is 0. The van der Waals surface area contributed by atoms with E-state index in [0.717, 1.165) is 0 Å². The lowest BCUT2D eigenvalue weighted by molar-refractivity contribution is -0.255. The van der Waals surface area contributed by atoms with Crippen molar-refractivity contribution >= 4 is 5.97 Å². The Balaban J connectivity index is 3.60. The van der Waals surface area contributed by atoms with Crippen molar-refractivity contribution in [1.29, 1.82) is 5.26 Å². The van der Waals surface area contributed by atoms with Crippen molar-refractivity contribution in [3.05, 3.63) is 33.2 Å². The predicted molar refractivity (Wildman–Crippen MR) is 40.8 cm³/mol. The third kappa shape index (κ3) is 1.56. The third-order valence-corrected chi connectivity index (χ3v) is 1.50. The largest absolute Gasteiger partial charge is 0.545 e. The second kappa shape index (κ2) is 3.11. The molecule has 13 heavy (non-hydrogen) atoms. The zero-order valence-corrected chi connectivity index (χ0v) is 6.75. The molecular formula is C8H5N2O3-. The van der Waals surface area contributed by atoms with Gasteiger partial charge in [-0.25, -0.2) is 0 Å². The van der Waals surface area contributed by atoms with Crippen molar-refractivity contribution in [2.75, 3.05) is 0 Å². The van der Waals surface area contributed by atoms with Gasteiger partial charge >= 0.3 is 0 Å². The molecule has 0 amide bonds. The minimum Gasteiger partial charge on any atom is -0.545 e. The monoisotopic (exact) mass is 177 g/mol. The summed E-state index contributed by atoms with van der Waals surface area (Å²) >= 11 is 0. The number of carbonyl (C=O) groups excluding carboxylic acids is 1. The maximum Gasteiger partial charge on any atom is 0.266 e. The van der Waals surface area contributed by atoms with Crippen LogP contribution in [0.25, 0.3) is 0 Å². The van der Waals surface area contributed by atoms with Gasteiger partial charge in [0.25, 0.3) is 5.56 Å². The van der Waals surface area contributed by atoms with Crippen LogP contribution in [0, 0.1) is 18.3 Å². The highest BCUT2D eigenvalue weighted by Crippen LogP contribution is 2.02. The Labute approximate surface area is 73.3 Å². The zero-order chi connectivity index (χ0) is 10.0. The SMILES string of the molecule is Cc1cc(C(=O)[O-])c(C#N)c(=O)[nH]1. The van der Waals surface area contributed by atoms with Crippen LogP contribution < -0.4 is 10.7 Å². The molecule has 0 aliphatic carbocycles. The number of aromatic nitrogens is 1.